The quantitative estimate of drug-likeness (QED) is 0.810. The molecule has 1 aromatic carbocycles. The van der Waals surface area contributed by atoms with E-state index in [2.05, 4.69) is 44.3 Å². The van der Waals surface area contributed by atoms with Gasteiger partial charge in [0.1, 0.15) is 5.75 Å². The first-order chi connectivity index (χ1) is 9.15. The summed E-state index contributed by atoms with van der Waals surface area (Å²) in [5.74, 6) is 1.88. The Hall–Kier alpha value is -1.02. The summed E-state index contributed by atoms with van der Waals surface area (Å²) in [5.41, 5.74) is 2.86. The maximum Gasteiger partial charge on any atom is 0.122 e. The van der Waals surface area contributed by atoms with Crippen LogP contribution in [0.1, 0.15) is 44.7 Å². The molecule has 0 aromatic heterocycles. The van der Waals surface area contributed by atoms with Crippen molar-refractivity contribution < 1.29 is 4.74 Å². The van der Waals surface area contributed by atoms with E-state index < -0.39 is 0 Å². The summed E-state index contributed by atoms with van der Waals surface area (Å²) in [4.78, 5) is 0. The predicted octanol–water partition coefficient (Wildman–Crippen LogP) is 3.58. The summed E-state index contributed by atoms with van der Waals surface area (Å²) in [5, 5.41) is 3.49. The molecule has 0 bridgehead atoms. The Morgan fingerprint density at radius 1 is 1.21 bits per heavy atom. The van der Waals surface area contributed by atoms with Gasteiger partial charge in [0, 0.05) is 12.5 Å². The minimum atomic E-state index is 0.601. The molecule has 1 N–H and O–H groups in total. The fourth-order valence-corrected chi connectivity index (χ4v) is 2.57. The van der Waals surface area contributed by atoms with Gasteiger partial charge in [0.2, 0.25) is 0 Å². The maximum atomic E-state index is 5.55. The largest absolute Gasteiger partial charge is 0.493 e. The molecule has 2 heteroatoms. The van der Waals surface area contributed by atoms with Gasteiger partial charge in [0.05, 0.1) is 6.61 Å². The van der Waals surface area contributed by atoms with Gasteiger partial charge in [0.15, 0.2) is 0 Å². The number of ether oxygens (including phenoxy) is 1. The lowest BCUT2D eigenvalue weighted by molar-refractivity contribution is 0.357. The third-order valence-electron chi connectivity index (χ3n) is 3.87. The third kappa shape index (κ3) is 4.54. The average molecular weight is 261 g/mol. The standard InChI is InChI=1S/C17H27NO/c1-13(2)18-10-8-14(3)4-5-15-6-7-17-16(12-15)9-11-19-17/h6-7,12-14,18H,4-5,8-11H2,1-3H3. The summed E-state index contributed by atoms with van der Waals surface area (Å²) >= 11 is 0. The predicted molar refractivity (Wildman–Crippen MR) is 80.9 cm³/mol. The van der Waals surface area contributed by atoms with Gasteiger partial charge in [-0.05, 0) is 48.9 Å². The molecule has 0 fully saturated rings. The van der Waals surface area contributed by atoms with Crippen LogP contribution in [-0.2, 0) is 12.8 Å². The van der Waals surface area contributed by atoms with E-state index in [0.29, 0.717) is 6.04 Å². The van der Waals surface area contributed by atoms with E-state index in [0.717, 1.165) is 31.2 Å². The molecule has 1 heterocycles. The van der Waals surface area contributed by atoms with E-state index in [1.165, 1.54) is 30.4 Å². The minimum absolute atomic E-state index is 0.601. The highest BCUT2D eigenvalue weighted by atomic mass is 16.5. The summed E-state index contributed by atoms with van der Waals surface area (Å²) in [6, 6.07) is 7.30. The van der Waals surface area contributed by atoms with E-state index in [-0.39, 0.29) is 0 Å². The second-order valence-electron chi connectivity index (χ2n) is 6.08. The van der Waals surface area contributed by atoms with Crippen LogP contribution in [0, 0.1) is 5.92 Å². The van der Waals surface area contributed by atoms with Crippen molar-refractivity contribution in [1.82, 2.24) is 5.32 Å². The molecule has 0 saturated carbocycles. The van der Waals surface area contributed by atoms with Crippen LogP contribution < -0.4 is 10.1 Å². The molecule has 0 radical (unpaired) electrons. The molecule has 1 atom stereocenters. The SMILES string of the molecule is CC(CCNC(C)C)CCc1ccc2c(c1)CCO2. The first-order valence-electron chi connectivity index (χ1n) is 7.63. The normalized spacial score (nSPS) is 15.4. The molecule has 1 unspecified atom stereocenters. The number of nitrogens with one attached hydrogen (secondary N) is 1. The maximum absolute atomic E-state index is 5.55. The Labute approximate surface area is 117 Å². The van der Waals surface area contributed by atoms with Crippen molar-refractivity contribution in [3.05, 3.63) is 29.3 Å². The molecule has 0 amide bonds. The van der Waals surface area contributed by atoms with Crippen LogP contribution in [0.25, 0.3) is 0 Å². The fourth-order valence-electron chi connectivity index (χ4n) is 2.57. The lowest BCUT2D eigenvalue weighted by atomic mass is 9.97. The van der Waals surface area contributed by atoms with Crippen molar-refractivity contribution in [3.8, 4) is 5.75 Å². The average Bonchev–Trinajstić information content (AvgIpc) is 2.83. The van der Waals surface area contributed by atoms with Crippen molar-refractivity contribution >= 4 is 0 Å². The van der Waals surface area contributed by atoms with Gasteiger partial charge in [-0.15, -0.1) is 0 Å². The van der Waals surface area contributed by atoms with Gasteiger partial charge in [-0.3, -0.25) is 0 Å². The number of hydrogen-bond donors (Lipinski definition) is 1. The number of aryl methyl sites for hydroxylation is 1. The molecule has 0 aliphatic carbocycles. The van der Waals surface area contributed by atoms with E-state index in [4.69, 9.17) is 4.74 Å². The Balaban J connectivity index is 1.73. The highest BCUT2D eigenvalue weighted by Gasteiger charge is 2.12. The van der Waals surface area contributed by atoms with E-state index in [9.17, 15) is 0 Å². The monoisotopic (exact) mass is 261 g/mol. The zero-order chi connectivity index (χ0) is 13.7. The van der Waals surface area contributed by atoms with Crippen molar-refractivity contribution in [3.63, 3.8) is 0 Å². The highest BCUT2D eigenvalue weighted by Crippen LogP contribution is 2.26. The summed E-state index contributed by atoms with van der Waals surface area (Å²) in [6.45, 7) is 8.76. The minimum Gasteiger partial charge on any atom is -0.493 e. The first kappa shape index (κ1) is 14.4. The summed E-state index contributed by atoms with van der Waals surface area (Å²) in [7, 11) is 0. The molecule has 1 aliphatic rings. The van der Waals surface area contributed by atoms with E-state index in [1.54, 1.807) is 0 Å². The number of benzene rings is 1. The Kier molecular flexibility index (Phi) is 5.26. The lowest BCUT2D eigenvalue weighted by Crippen LogP contribution is -2.24. The van der Waals surface area contributed by atoms with Crippen LogP contribution in [0.5, 0.6) is 5.75 Å². The van der Waals surface area contributed by atoms with Crippen molar-refractivity contribution in [2.75, 3.05) is 13.2 Å². The van der Waals surface area contributed by atoms with Gasteiger partial charge in [-0.25, -0.2) is 0 Å². The zero-order valence-corrected chi connectivity index (χ0v) is 12.5. The molecule has 0 saturated heterocycles. The van der Waals surface area contributed by atoms with Crippen LogP contribution in [0.15, 0.2) is 18.2 Å². The van der Waals surface area contributed by atoms with Gasteiger partial charge < -0.3 is 10.1 Å². The Morgan fingerprint density at radius 3 is 2.84 bits per heavy atom. The molecular weight excluding hydrogens is 234 g/mol. The van der Waals surface area contributed by atoms with E-state index >= 15 is 0 Å². The van der Waals surface area contributed by atoms with Gasteiger partial charge in [-0.2, -0.15) is 0 Å². The van der Waals surface area contributed by atoms with Crippen molar-refractivity contribution in [2.24, 2.45) is 5.92 Å². The molecule has 106 valence electrons. The summed E-state index contributed by atoms with van der Waals surface area (Å²) < 4.78 is 5.55. The zero-order valence-electron chi connectivity index (χ0n) is 12.5. The second kappa shape index (κ2) is 6.95. The highest BCUT2D eigenvalue weighted by molar-refractivity contribution is 5.39. The van der Waals surface area contributed by atoms with Crippen LogP contribution in [0.4, 0.5) is 0 Å². The summed E-state index contributed by atoms with van der Waals surface area (Å²) in [6.07, 6.45) is 4.82. The molecular formula is C17H27NO. The lowest BCUT2D eigenvalue weighted by Gasteiger charge is -2.14. The smallest absolute Gasteiger partial charge is 0.122 e. The van der Waals surface area contributed by atoms with Crippen LogP contribution in [0.2, 0.25) is 0 Å². The van der Waals surface area contributed by atoms with E-state index in [1.807, 2.05) is 0 Å². The fraction of sp³-hybridized carbons (Fsp3) is 0.647. The van der Waals surface area contributed by atoms with Crippen molar-refractivity contribution in [2.45, 2.75) is 52.5 Å². The number of rotatable bonds is 7. The van der Waals surface area contributed by atoms with Crippen LogP contribution in [0.3, 0.4) is 0 Å². The number of hydrogen-bond acceptors (Lipinski definition) is 2. The van der Waals surface area contributed by atoms with Gasteiger partial charge in [-0.1, -0.05) is 32.9 Å². The molecule has 2 nitrogen and oxygen atoms in total. The van der Waals surface area contributed by atoms with Crippen molar-refractivity contribution in [1.29, 1.82) is 0 Å². The molecule has 1 aromatic rings. The second-order valence-corrected chi connectivity index (χ2v) is 6.08. The van der Waals surface area contributed by atoms with Crippen LogP contribution in [-0.4, -0.2) is 19.2 Å². The Bertz CT molecular complexity index is 400. The molecule has 1 aliphatic heterocycles. The Morgan fingerprint density at radius 2 is 2.05 bits per heavy atom. The van der Waals surface area contributed by atoms with Crippen LogP contribution >= 0.6 is 0 Å². The number of fused-ring (bicyclic) bond motifs is 1. The molecule has 19 heavy (non-hydrogen) atoms. The first-order valence-corrected chi connectivity index (χ1v) is 7.63. The third-order valence-corrected chi connectivity index (χ3v) is 3.87. The molecule has 2 rings (SSSR count). The topological polar surface area (TPSA) is 21.3 Å². The van der Waals surface area contributed by atoms with Gasteiger partial charge in [0.25, 0.3) is 0 Å². The molecule has 0 spiro atoms. The van der Waals surface area contributed by atoms with Gasteiger partial charge >= 0.3 is 0 Å².